The minimum atomic E-state index is -3.64. The lowest BCUT2D eigenvalue weighted by Gasteiger charge is -2.33. The maximum Gasteiger partial charge on any atom is 0.243 e. The van der Waals surface area contributed by atoms with Crippen LogP contribution in [0.15, 0.2) is 29.2 Å². The van der Waals surface area contributed by atoms with Crippen molar-refractivity contribution in [2.24, 2.45) is 0 Å². The number of nitriles is 1. The summed E-state index contributed by atoms with van der Waals surface area (Å²) in [6.07, 6.45) is 0.247. The molecule has 2 rings (SSSR count). The fraction of sp³-hybridized carbons (Fsp3) is 0.462. The van der Waals surface area contributed by atoms with Crippen molar-refractivity contribution >= 4 is 10.0 Å². The molecule has 1 N–H and O–H groups in total. The number of aliphatic hydroxyl groups excluding tert-OH is 1. The van der Waals surface area contributed by atoms with Crippen molar-refractivity contribution in [1.29, 1.82) is 5.26 Å². The van der Waals surface area contributed by atoms with Gasteiger partial charge in [0.1, 0.15) is 0 Å². The lowest BCUT2D eigenvalue weighted by Crippen LogP contribution is -2.50. The van der Waals surface area contributed by atoms with Crippen LogP contribution in [0.3, 0.4) is 0 Å². The van der Waals surface area contributed by atoms with Gasteiger partial charge in [-0.05, 0) is 17.7 Å². The van der Waals surface area contributed by atoms with E-state index in [1.54, 1.807) is 12.1 Å². The molecule has 20 heavy (non-hydrogen) atoms. The summed E-state index contributed by atoms with van der Waals surface area (Å²) in [6, 6.07) is 7.71. The average molecular weight is 296 g/mol. The first-order chi connectivity index (χ1) is 9.59. The fourth-order valence-electron chi connectivity index (χ4n) is 2.11. The molecule has 0 bridgehead atoms. The first-order valence-electron chi connectivity index (χ1n) is 6.26. The summed E-state index contributed by atoms with van der Waals surface area (Å²) in [5.74, 6) is 0. The molecule has 1 atom stereocenters. The third kappa shape index (κ3) is 2.99. The maximum atomic E-state index is 12.5. The van der Waals surface area contributed by atoms with Crippen molar-refractivity contribution in [2.75, 3.05) is 26.4 Å². The van der Waals surface area contributed by atoms with Crippen LogP contribution in [0.1, 0.15) is 5.56 Å². The first kappa shape index (κ1) is 14.9. The highest BCUT2D eigenvalue weighted by atomic mass is 32.2. The topological polar surface area (TPSA) is 90.6 Å². The molecular formula is C13H16N2O4S. The Kier molecular flexibility index (Phi) is 4.73. The van der Waals surface area contributed by atoms with Gasteiger partial charge in [0.15, 0.2) is 0 Å². The van der Waals surface area contributed by atoms with Gasteiger partial charge < -0.3 is 9.84 Å². The molecule has 0 aliphatic carbocycles. The van der Waals surface area contributed by atoms with Gasteiger partial charge in [0.05, 0.1) is 43.2 Å². The van der Waals surface area contributed by atoms with Crippen LogP contribution in [0.2, 0.25) is 0 Å². The quantitative estimate of drug-likeness (QED) is 0.853. The van der Waals surface area contributed by atoms with E-state index < -0.39 is 16.1 Å². The number of morpholine rings is 1. The number of hydrogen-bond acceptors (Lipinski definition) is 5. The zero-order valence-corrected chi connectivity index (χ0v) is 11.7. The number of sulfonamides is 1. The van der Waals surface area contributed by atoms with Crippen molar-refractivity contribution in [3.63, 3.8) is 0 Å². The molecule has 1 aliphatic heterocycles. The van der Waals surface area contributed by atoms with E-state index in [1.165, 1.54) is 16.4 Å². The van der Waals surface area contributed by atoms with Crippen LogP contribution in [-0.2, 0) is 21.2 Å². The third-order valence-electron chi connectivity index (χ3n) is 3.20. The molecule has 1 aliphatic rings. The maximum absolute atomic E-state index is 12.5. The number of aliphatic hydroxyl groups is 1. The number of hydrogen-bond donors (Lipinski definition) is 1. The van der Waals surface area contributed by atoms with Gasteiger partial charge in [0, 0.05) is 6.54 Å². The van der Waals surface area contributed by atoms with E-state index >= 15 is 0 Å². The molecule has 0 saturated carbocycles. The molecule has 0 aromatic heterocycles. The van der Waals surface area contributed by atoms with Crippen molar-refractivity contribution < 1.29 is 18.3 Å². The predicted molar refractivity (Wildman–Crippen MR) is 71.3 cm³/mol. The lowest BCUT2D eigenvalue weighted by molar-refractivity contribution is 0.0109. The Morgan fingerprint density at radius 3 is 2.70 bits per heavy atom. The van der Waals surface area contributed by atoms with Crippen molar-refractivity contribution in [3.05, 3.63) is 29.8 Å². The molecule has 1 aromatic carbocycles. The Morgan fingerprint density at radius 2 is 2.10 bits per heavy atom. The zero-order valence-electron chi connectivity index (χ0n) is 10.9. The van der Waals surface area contributed by atoms with Crippen LogP contribution in [0.4, 0.5) is 0 Å². The minimum Gasteiger partial charge on any atom is -0.395 e. The van der Waals surface area contributed by atoms with Gasteiger partial charge in [-0.25, -0.2) is 8.42 Å². The van der Waals surface area contributed by atoms with Crippen LogP contribution in [-0.4, -0.2) is 50.2 Å². The number of ether oxygens (including phenoxy) is 1. The highest BCUT2D eigenvalue weighted by molar-refractivity contribution is 7.89. The molecule has 0 amide bonds. The molecule has 6 nitrogen and oxygen atoms in total. The normalized spacial score (nSPS) is 20.5. The summed E-state index contributed by atoms with van der Waals surface area (Å²) in [4.78, 5) is 0.166. The van der Waals surface area contributed by atoms with Crippen LogP contribution >= 0.6 is 0 Å². The monoisotopic (exact) mass is 296 g/mol. The number of benzene rings is 1. The molecule has 108 valence electrons. The largest absolute Gasteiger partial charge is 0.395 e. The van der Waals surface area contributed by atoms with Gasteiger partial charge in [-0.3, -0.25) is 0 Å². The second-order valence-electron chi connectivity index (χ2n) is 4.51. The Bertz CT molecular complexity index is 592. The molecule has 0 radical (unpaired) electrons. The Labute approximate surface area is 118 Å². The zero-order chi connectivity index (χ0) is 14.6. The van der Waals surface area contributed by atoms with E-state index in [0.29, 0.717) is 6.61 Å². The van der Waals surface area contributed by atoms with Gasteiger partial charge in [0.2, 0.25) is 10.0 Å². The molecule has 1 fully saturated rings. The third-order valence-corrected chi connectivity index (χ3v) is 5.16. The Morgan fingerprint density at radius 1 is 1.40 bits per heavy atom. The second kappa shape index (κ2) is 6.33. The molecule has 1 saturated heterocycles. The van der Waals surface area contributed by atoms with Gasteiger partial charge in [0.25, 0.3) is 0 Å². The fourth-order valence-corrected chi connectivity index (χ4v) is 3.69. The van der Waals surface area contributed by atoms with Crippen molar-refractivity contribution in [3.8, 4) is 6.07 Å². The van der Waals surface area contributed by atoms with E-state index in [2.05, 4.69) is 0 Å². The van der Waals surface area contributed by atoms with Crippen LogP contribution in [0, 0.1) is 11.3 Å². The van der Waals surface area contributed by atoms with Gasteiger partial charge in [-0.15, -0.1) is 0 Å². The van der Waals surface area contributed by atoms with Crippen LogP contribution in [0.5, 0.6) is 0 Å². The molecular weight excluding hydrogens is 280 g/mol. The average Bonchev–Trinajstić information content (AvgIpc) is 2.48. The van der Waals surface area contributed by atoms with Gasteiger partial charge >= 0.3 is 0 Å². The van der Waals surface area contributed by atoms with Gasteiger partial charge in [-0.1, -0.05) is 12.1 Å². The molecule has 0 spiro atoms. The Balaban J connectivity index is 2.27. The van der Waals surface area contributed by atoms with E-state index in [4.69, 9.17) is 10.00 Å². The molecule has 7 heteroatoms. The molecule has 1 heterocycles. The highest BCUT2D eigenvalue weighted by Gasteiger charge is 2.33. The summed E-state index contributed by atoms with van der Waals surface area (Å²) < 4.78 is 31.5. The van der Waals surface area contributed by atoms with E-state index in [-0.39, 0.29) is 31.1 Å². The van der Waals surface area contributed by atoms with Crippen LogP contribution in [0.25, 0.3) is 0 Å². The minimum absolute atomic E-state index is 0.166. The first-order valence-corrected chi connectivity index (χ1v) is 7.70. The summed E-state index contributed by atoms with van der Waals surface area (Å²) >= 11 is 0. The molecule has 1 aromatic rings. The predicted octanol–water partition coefficient (Wildman–Crippen LogP) is 0.134. The molecule has 1 unspecified atom stereocenters. The lowest BCUT2D eigenvalue weighted by atomic mass is 10.2. The summed E-state index contributed by atoms with van der Waals surface area (Å²) in [5, 5.41) is 17.9. The van der Waals surface area contributed by atoms with Gasteiger partial charge in [-0.2, -0.15) is 9.57 Å². The number of nitrogens with zero attached hydrogens (tertiary/aromatic N) is 2. The SMILES string of the molecule is N#CCc1ccc(S(=O)(=O)N2CCOCC2CO)cc1. The second-order valence-corrected chi connectivity index (χ2v) is 6.40. The van der Waals surface area contributed by atoms with Crippen LogP contribution < -0.4 is 0 Å². The van der Waals surface area contributed by atoms with E-state index in [0.717, 1.165) is 5.56 Å². The summed E-state index contributed by atoms with van der Waals surface area (Å²) in [7, 11) is -3.64. The van der Waals surface area contributed by atoms with E-state index in [9.17, 15) is 13.5 Å². The smallest absolute Gasteiger partial charge is 0.243 e. The Hall–Kier alpha value is -1.46. The van der Waals surface area contributed by atoms with E-state index in [1.807, 2.05) is 6.07 Å². The summed E-state index contributed by atoms with van der Waals surface area (Å²) in [5.41, 5.74) is 0.770. The van der Waals surface area contributed by atoms with Crippen molar-refractivity contribution in [2.45, 2.75) is 17.4 Å². The van der Waals surface area contributed by atoms with Crippen molar-refractivity contribution in [1.82, 2.24) is 4.31 Å². The highest BCUT2D eigenvalue weighted by Crippen LogP contribution is 2.21. The number of rotatable bonds is 4. The standard InChI is InChI=1S/C13H16N2O4S/c14-6-5-11-1-3-13(4-2-11)20(17,18)15-7-8-19-10-12(15)9-16/h1-4,12,16H,5,7-10H2. The summed E-state index contributed by atoms with van der Waals surface area (Å²) in [6.45, 7) is 0.476.